The quantitative estimate of drug-likeness (QED) is 0.800. The van der Waals surface area contributed by atoms with Crippen LogP contribution in [0.25, 0.3) is 0 Å². The van der Waals surface area contributed by atoms with Gasteiger partial charge in [0.25, 0.3) is 5.91 Å². The molecule has 2 aromatic heterocycles. The third kappa shape index (κ3) is 4.16. The van der Waals surface area contributed by atoms with Crippen molar-refractivity contribution in [3.05, 3.63) is 42.0 Å². The van der Waals surface area contributed by atoms with E-state index in [1.54, 1.807) is 25.1 Å². The Hall–Kier alpha value is -2.39. The van der Waals surface area contributed by atoms with Gasteiger partial charge in [0.05, 0.1) is 11.8 Å². The molecule has 8 nitrogen and oxygen atoms in total. The zero-order chi connectivity index (χ0) is 20.4. The van der Waals surface area contributed by atoms with Crippen LogP contribution in [0, 0.1) is 6.92 Å². The van der Waals surface area contributed by atoms with Crippen molar-refractivity contribution in [3.63, 3.8) is 0 Å². The van der Waals surface area contributed by atoms with Crippen molar-refractivity contribution in [1.82, 2.24) is 14.6 Å². The van der Waals surface area contributed by atoms with E-state index in [-0.39, 0.29) is 16.8 Å². The number of carbonyl (C=O) groups is 1. The van der Waals surface area contributed by atoms with Crippen LogP contribution in [0.1, 0.15) is 41.8 Å². The van der Waals surface area contributed by atoms with Crippen molar-refractivity contribution in [1.29, 1.82) is 0 Å². The monoisotopic (exact) mass is 418 g/mol. The molecule has 1 N–H and O–H groups in total. The summed E-state index contributed by atoms with van der Waals surface area (Å²) in [4.78, 5) is 19.1. The van der Waals surface area contributed by atoms with Crippen LogP contribution in [0.4, 0.5) is 5.82 Å². The zero-order valence-corrected chi connectivity index (χ0v) is 17.3. The first kappa shape index (κ1) is 19.9. The maximum absolute atomic E-state index is 12.6. The molecule has 9 heteroatoms. The summed E-state index contributed by atoms with van der Waals surface area (Å²) in [5.74, 6) is 1.28. The zero-order valence-electron chi connectivity index (χ0n) is 16.5. The Balaban J connectivity index is 1.34. The van der Waals surface area contributed by atoms with E-state index in [4.69, 9.17) is 4.42 Å². The number of furan rings is 1. The van der Waals surface area contributed by atoms with Crippen molar-refractivity contribution in [3.8, 4) is 0 Å². The average molecular weight is 419 g/mol. The molecule has 0 saturated carbocycles. The molecule has 0 atom stereocenters. The number of nitrogens with one attached hydrogen (secondary N) is 1. The number of sulfonamides is 1. The second-order valence-electron chi connectivity index (χ2n) is 7.59. The first-order chi connectivity index (χ1) is 13.9. The summed E-state index contributed by atoms with van der Waals surface area (Å²) in [6, 6.07) is 5.20. The molecule has 0 aromatic carbocycles. The molecular formula is C20H26N4O4S. The van der Waals surface area contributed by atoms with E-state index in [9.17, 15) is 13.2 Å². The van der Waals surface area contributed by atoms with Gasteiger partial charge in [-0.3, -0.25) is 4.79 Å². The number of hydrogen-bond acceptors (Lipinski definition) is 6. The number of aryl methyl sites for hydroxylation is 1. The number of anilines is 1. The van der Waals surface area contributed by atoms with E-state index >= 15 is 0 Å². The summed E-state index contributed by atoms with van der Waals surface area (Å²) in [6.07, 6.45) is 6.41. The minimum atomic E-state index is -3.44. The van der Waals surface area contributed by atoms with Crippen molar-refractivity contribution >= 4 is 21.7 Å². The highest BCUT2D eigenvalue weighted by Crippen LogP contribution is 2.23. The molecule has 1 amide bonds. The summed E-state index contributed by atoms with van der Waals surface area (Å²) < 4.78 is 31.9. The number of carbonyl (C=O) groups excluding carboxylic acids is 1. The number of piperidine rings is 1. The molecule has 29 heavy (non-hydrogen) atoms. The smallest absolute Gasteiger partial charge is 0.255 e. The van der Waals surface area contributed by atoms with Crippen LogP contribution < -0.4 is 10.2 Å². The van der Waals surface area contributed by atoms with Gasteiger partial charge in [-0.25, -0.2) is 13.4 Å². The third-order valence-corrected chi connectivity index (χ3v) is 7.56. The van der Waals surface area contributed by atoms with Crippen molar-refractivity contribution in [2.75, 3.05) is 31.1 Å². The van der Waals surface area contributed by atoms with E-state index in [2.05, 4.69) is 15.2 Å². The molecule has 4 heterocycles. The molecule has 0 unspecified atom stereocenters. The van der Waals surface area contributed by atoms with Gasteiger partial charge in [0.1, 0.15) is 16.5 Å². The van der Waals surface area contributed by atoms with Gasteiger partial charge in [-0.1, -0.05) is 0 Å². The fourth-order valence-corrected chi connectivity index (χ4v) is 5.39. The fraction of sp³-hybridized carbons (Fsp3) is 0.500. The maximum Gasteiger partial charge on any atom is 0.255 e. The van der Waals surface area contributed by atoms with Crippen LogP contribution in [0.2, 0.25) is 0 Å². The fourth-order valence-electron chi connectivity index (χ4n) is 3.93. The topological polar surface area (TPSA) is 95.8 Å². The van der Waals surface area contributed by atoms with Crippen LogP contribution in [-0.4, -0.2) is 55.8 Å². The van der Waals surface area contributed by atoms with E-state index < -0.39 is 10.0 Å². The summed E-state index contributed by atoms with van der Waals surface area (Å²) in [5, 5.41) is 3.06. The van der Waals surface area contributed by atoms with Gasteiger partial charge < -0.3 is 14.6 Å². The highest BCUT2D eigenvalue weighted by atomic mass is 32.2. The third-order valence-electron chi connectivity index (χ3n) is 5.68. The Morgan fingerprint density at radius 2 is 1.86 bits per heavy atom. The Kier molecular flexibility index (Phi) is 5.60. The summed E-state index contributed by atoms with van der Waals surface area (Å²) >= 11 is 0. The molecule has 0 bridgehead atoms. The van der Waals surface area contributed by atoms with Gasteiger partial charge in [-0.2, -0.15) is 4.31 Å². The molecule has 2 aliphatic rings. The normalized spacial score (nSPS) is 18.9. The lowest BCUT2D eigenvalue weighted by atomic mass is 10.0. The Morgan fingerprint density at radius 3 is 2.45 bits per heavy atom. The molecule has 2 aromatic rings. The molecule has 2 fully saturated rings. The number of hydrogen-bond donors (Lipinski definition) is 1. The predicted molar refractivity (Wildman–Crippen MR) is 108 cm³/mol. The second-order valence-corrected chi connectivity index (χ2v) is 9.53. The minimum Gasteiger partial charge on any atom is -0.469 e. The lowest BCUT2D eigenvalue weighted by Gasteiger charge is -2.33. The van der Waals surface area contributed by atoms with Crippen LogP contribution in [0.15, 0.2) is 40.0 Å². The van der Waals surface area contributed by atoms with Crippen LogP contribution in [0.5, 0.6) is 0 Å². The Labute approximate surface area is 170 Å². The predicted octanol–water partition coefficient (Wildman–Crippen LogP) is 2.17. The number of aromatic nitrogens is 1. The van der Waals surface area contributed by atoms with Crippen LogP contribution in [0.3, 0.4) is 0 Å². The van der Waals surface area contributed by atoms with Gasteiger partial charge in [-0.15, -0.1) is 0 Å². The van der Waals surface area contributed by atoms with Gasteiger partial charge >= 0.3 is 0 Å². The lowest BCUT2D eigenvalue weighted by molar-refractivity contribution is 0.0929. The molecule has 0 spiro atoms. The van der Waals surface area contributed by atoms with E-state index in [1.807, 2.05) is 0 Å². The number of pyridine rings is 1. The molecule has 0 radical (unpaired) electrons. The van der Waals surface area contributed by atoms with Crippen LogP contribution in [-0.2, 0) is 10.0 Å². The SMILES string of the molecule is Cc1occc1C(=O)NC1CCN(c2ccc(S(=O)(=O)N3CCCC3)cn2)CC1. The van der Waals surface area contributed by atoms with Crippen molar-refractivity contribution in [2.45, 2.75) is 43.5 Å². The highest BCUT2D eigenvalue weighted by molar-refractivity contribution is 7.89. The largest absolute Gasteiger partial charge is 0.469 e. The average Bonchev–Trinajstić information content (AvgIpc) is 3.41. The molecular weight excluding hydrogens is 392 g/mol. The molecule has 2 aliphatic heterocycles. The van der Waals surface area contributed by atoms with E-state index in [0.717, 1.165) is 44.6 Å². The Bertz CT molecular complexity index is 957. The number of nitrogens with zero attached hydrogens (tertiary/aromatic N) is 3. The number of rotatable bonds is 5. The van der Waals surface area contributed by atoms with E-state index in [0.29, 0.717) is 24.4 Å². The van der Waals surface area contributed by atoms with Crippen molar-refractivity contribution in [2.24, 2.45) is 0 Å². The highest BCUT2D eigenvalue weighted by Gasteiger charge is 2.28. The second kappa shape index (κ2) is 8.16. The standard InChI is InChI=1S/C20H26N4O4S/c1-15-18(8-13-28-15)20(25)22-16-6-11-23(12-7-16)19-5-4-17(14-21-19)29(26,27)24-9-2-3-10-24/h4-5,8,13-14,16H,2-3,6-7,9-12H2,1H3,(H,22,25). The van der Waals surface area contributed by atoms with Crippen LogP contribution >= 0.6 is 0 Å². The first-order valence-electron chi connectivity index (χ1n) is 10.0. The van der Waals surface area contributed by atoms with E-state index in [1.165, 1.54) is 16.8 Å². The van der Waals surface area contributed by atoms with Crippen molar-refractivity contribution < 1.29 is 17.6 Å². The summed E-state index contributed by atoms with van der Waals surface area (Å²) in [7, 11) is -3.44. The van der Waals surface area contributed by atoms with Gasteiger partial charge in [0.15, 0.2) is 0 Å². The minimum absolute atomic E-state index is 0.0999. The maximum atomic E-state index is 12.6. The molecule has 0 aliphatic carbocycles. The lowest BCUT2D eigenvalue weighted by Crippen LogP contribution is -2.45. The van der Waals surface area contributed by atoms with Gasteiger partial charge in [0, 0.05) is 38.4 Å². The Morgan fingerprint density at radius 1 is 1.14 bits per heavy atom. The first-order valence-corrected chi connectivity index (χ1v) is 11.5. The molecule has 4 rings (SSSR count). The summed E-state index contributed by atoms with van der Waals surface area (Å²) in [5.41, 5.74) is 0.573. The molecule has 156 valence electrons. The van der Waals surface area contributed by atoms with Gasteiger partial charge in [0.2, 0.25) is 10.0 Å². The molecule has 2 saturated heterocycles. The van der Waals surface area contributed by atoms with Gasteiger partial charge in [-0.05, 0) is 50.8 Å². The summed E-state index contributed by atoms with van der Waals surface area (Å²) in [6.45, 7) is 4.45. The number of amides is 1.